The molecule has 0 saturated carbocycles. The number of aromatic nitrogens is 2. The third-order valence-electron chi connectivity index (χ3n) is 4.40. The summed E-state index contributed by atoms with van der Waals surface area (Å²) in [6.07, 6.45) is 8.00. The number of carbonyl (C=O) groups is 2. The van der Waals surface area contributed by atoms with E-state index in [1.54, 1.807) is 0 Å². The summed E-state index contributed by atoms with van der Waals surface area (Å²) in [5.41, 5.74) is 2.87. The molecule has 24 heavy (non-hydrogen) atoms. The highest BCUT2D eigenvalue weighted by Crippen LogP contribution is 2.11. The Bertz CT molecular complexity index is 738. The minimum absolute atomic E-state index is 0.0414. The number of imidazole rings is 1. The number of aryl methyl sites for hydroxylation is 1. The van der Waals surface area contributed by atoms with Crippen LogP contribution in [0.2, 0.25) is 0 Å². The summed E-state index contributed by atoms with van der Waals surface area (Å²) in [7, 11) is 0. The third-order valence-corrected chi connectivity index (χ3v) is 4.40. The predicted octanol–water partition coefficient (Wildman–Crippen LogP) is 2.05. The van der Waals surface area contributed by atoms with Crippen molar-refractivity contribution in [1.82, 2.24) is 19.6 Å². The van der Waals surface area contributed by atoms with Crippen LogP contribution < -0.4 is 5.32 Å². The zero-order valence-corrected chi connectivity index (χ0v) is 14.1. The molecule has 0 spiro atoms. The van der Waals surface area contributed by atoms with Crippen molar-refractivity contribution in [1.29, 1.82) is 0 Å². The van der Waals surface area contributed by atoms with Gasteiger partial charge in [-0.25, -0.2) is 4.98 Å². The normalized spacial score (nSPS) is 15.5. The fraction of sp³-hybridized carbons (Fsp3) is 0.500. The average Bonchev–Trinajstić information content (AvgIpc) is 2.85. The average molecular weight is 328 g/mol. The maximum absolute atomic E-state index is 12.0. The minimum Gasteiger partial charge on any atom is -0.350 e. The van der Waals surface area contributed by atoms with Gasteiger partial charge in [0.25, 0.3) is 0 Å². The summed E-state index contributed by atoms with van der Waals surface area (Å²) in [4.78, 5) is 30.3. The van der Waals surface area contributed by atoms with E-state index in [2.05, 4.69) is 10.3 Å². The van der Waals surface area contributed by atoms with Crippen molar-refractivity contribution >= 4 is 17.5 Å². The Morgan fingerprint density at radius 1 is 1.25 bits per heavy atom. The molecular formula is C18H24N4O2. The van der Waals surface area contributed by atoms with Crippen LogP contribution in [0, 0.1) is 6.92 Å². The predicted molar refractivity (Wildman–Crippen MR) is 91.4 cm³/mol. The van der Waals surface area contributed by atoms with Crippen molar-refractivity contribution in [2.24, 2.45) is 0 Å². The molecule has 1 fully saturated rings. The first-order valence-corrected chi connectivity index (χ1v) is 8.60. The third kappa shape index (κ3) is 4.13. The largest absolute Gasteiger partial charge is 0.350 e. The molecule has 1 aliphatic heterocycles. The summed E-state index contributed by atoms with van der Waals surface area (Å²) in [5.74, 6) is 0.135. The van der Waals surface area contributed by atoms with E-state index in [1.807, 2.05) is 40.8 Å². The molecule has 0 aromatic carbocycles. The molecule has 0 bridgehead atoms. The van der Waals surface area contributed by atoms with Crippen molar-refractivity contribution in [2.75, 3.05) is 13.1 Å². The molecule has 0 unspecified atom stereocenters. The van der Waals surface area contributed by atoms with Gasteiger partial charge in [-0.05, 0) is 31.4 Å². The van der Waals surface area contributed by atoms with Gasteiger partial charge in [0, 0.05) is 38.3 Å². The summed E-state index contributed by atoms with van der Waals surface area (Å²) >= 11 is 0. The van der Waals surface area contributed by atoms with Crippen LogP contribution in [-0.2, 0) is 16.1 Å². The Kier molecular flexibility index (Phi) is 5.13. The van der Waals surface area contributed by atoms with Crippen LogP contribution in [0.15, 0.2) is 24.5 Å². The second kappa shape index (κ2) is 7.47. The summed E-state index contributed by atoms with van der Waals surface area (Å²) in [6, 6.07) is 3.98. The molecule has 0 atom stereocenters. The Hall–Kier alpha value is -2.37. The molecule has 0 aliphatic carbocycles. The molecule has 2 amide bonds. The van der Waals surface area contributed by atoms with Crippen molar-refractivity contribution in [3.05, 3.63) is 35.8 Å². The fourth-order valence-corrected chi connectivity index (χ4v) is 3.03. The Balaban J connectivity index is 1.48. The van der Waals surface area contributed by atoms with Gasteiger partial charge in [0.05, 0.1) is 12.2 Å². The molecule has 3 rings (SSSR count). The maximum atomic E-state index is 12.0. The lowest BCUT2D eigenvalue weighted by Crippen LogP contribution is -2.34. The smallest absolute Gasteiger partial charge is 0.222 e. The summed E-state index contributed by atoms with van der Waals surface area (Å²) in [5, 5.41) is 2.89. The van der Waals surface area contributed by atoms with Gasteiger partial charge in [0.15, 0.2) is 0 Å². The van der Waals surface area contributed by atoms with Crippen LogP contribution in [0.1, 0.15) is 43.4 Å². The molecule has 1 saturated heterocycles. The van der Waals surface area contributed by atoms with Crippen LogP contribution in [0.25, 0.3) is 5.65 Å². The van der Waals surface area contributed by atoms with E-state index in [9.17, 15) is 9.59 Å². The zero-order chi connectivity index (χ0) is 16.9. The highest BCUT2D eigenvalue weighted by molar-refractivity contribution is 5.79. The molecule has 2 aromatic heterocycles. The highest BCUT2D eigenvalue weighted by atomic mass is 16.2. The molecule has 1 aliphatic rings. The number of hydrogen-bond acceptors (Lipinski definition) is 3. The highest BCUT2D eigenvalue weighted by Gasteiger charge is 2.17. The molecule has 1 N–H and O–H groups in total. The lowest BCUT2D eigenvalue weighted by molar-refractivity contribution is -0.131. The SMILES string of the molecule is Cc1ccc2nc(CNC(=O)CCN3CCCCCC3=O)cn2c1. The Labute approximate surface area is 141 Å². The number of rotatable bonds is 5. The van der Waals surface area contributed by atoms with E-state index in [-0.39, 0.29) is 11.8 Å². The van der Waals surface area contributed by atoms with Crippen LogP contribution in [-0.4, -0.2) is 39.2 Å². The minimum atomic E-state index is -0.0414. The van der Waals surface area contributed by atoms with Crippen molar-refractivity contribution in [2.45, 2.75) is 45.6 Å². The van der Waals surface area contributed by atoms with E-state index < -0.39 is 0 Å². The maximum Gasteiger partial charge on any atom is 0.222 e. The van der Waals surface area contributed by atoms with Crippen LogP contribution in [0.5, 0.6) is 0 Å². The number of carbonyl (C=O) groups excluding carboxylic acids is 2. The molecule has 3 heterocycles. The molecule has 6 heteroatoms. The second-order valence-electron chi connectivity index (χ2n) is 6.42. The monoisotopic (exact) mass is 328 g/mol. The Morgan fingerprint density at radius 2 is 2.12 bits per heavy atom. The number of hydrogen-bond donors (Lipinski definition) is 1. The zero-order valence-electron chi connectivity index (χ0n) is 14.1. The molecule has 2 aromatic rings. The molecule has 0 radical (unpaired) electrons. The first-order chi connectivity index (χ1) is 11.6. The number of nitrogens with one attached hydrogen (secondary N) is 1. The number of likely N-dealkylation sites (tertiary alicyclic amines) is 1. The first kappa shape index (κ1) is 16.5. The van der Waals surface area contributed by atoms with Crippen LogP contribution in [0.4, 0.5) is 0 Å². The number of pyridine rings is 1. The van der Waals surface area contributed by atoms with E-state index >= 15 is 0 Å². The number of nitrogens with zero attached hydrogens (tertiary/aromatic N) is 3. The second-order valence-corrected chi connectivity index (χ2v) is 6.42. The van der Waals surface area contributed by atoms with Gasteiger partial charge >= 0.3 is 0 Å². The molecule has 6 nitrogen and oxygen atoms in total. The first-order valence-electron chi connectivity index (χ1n) is 8.60. The van der Waals surface area contributed by atoms with E-state index in [0.29, 0.717) is 25.9 Å². The van der Waals surface area contributed by atoms with Gasteiger partial charge in [-0.15, -0.1) is 0 Å². The van der Waals surface area contributed by atoms with Crippen molar-refractivity contribution in [3.8, 4) is 0 Å². The number of fused-ring (bicyclic) bond motifs is 1. The molecular weight excluding hydrogens is 304 g/mol. The molecule has 128 valence electrons. The topological polar surface area (TPSA) is 66.7 Å². The van der Waals surface area contributed by atoms with Gasteiger partial charge in [-0.1, -0.05) is 12.5 Å². The van der Waals surface area contributed by atoms with Gasteiger partial charge in [0.1, 0.15) is 5.65 Å². The quantitative estimate of drug-likeness (QED) is 0.913. The van der Waals surface area contributed by atoms with E-state index in [0.717, 1.165) is 42.7 Å². The van der Waals surface area contributed by atoms with E-state index in [1.165, 1.54) is 0 Å². The van der Waals surface area contributed by atoms with Gasteiger partial charge < -0.3 is 14.6 Å². The summed E-state index contributed by atoms with van der Waals surface area (Å²) < 4.78 is 1.97. The number of amides is 2. The fourth-order valence-electron chi connectivity index (χ4n) is 3.03. The lowest BCUT2D eigenvalue weighted by Gasteiger charge is -2.19. The standard InChI is InChI=1S/C18H24N4O2/c1-14-6-7-16-20-15(13-22(16)12-14)11-19-17(23)8-10-21-9-4-2-3-5-18(21)24/h6-7,12-13H,2-5,8-11H2,1H3,(H,19,23). The van der Waals surface area contributed by atoms with Crippen LogP contribution >= 0.6 is 0 Å². The lowest BCUT2D eigenvalue weighted by atomic mass is 10.2. The van der Waals surface area contributed by atoms with Crippen LogP contribution in [0.3, 0.4) is 0 Å². The summed E-state index contributed by atoms with van der Waals surface area (Å²) in [6.45, 7) is 3.73. The van der Waals surface area contributed by atoms with Gasteiger partial charge in [-0.3, -0.25) is 9.59 Å². The van der Waals surface area contributed by atoms with Gasteiger partial charge in [-0.2, -0.15) is 0 Å². The van der Waals surface area contributed by atoms with Gasteiger partial charge in [0.2, 0.25) is 11.8 Å². The Morgan fingerprint density at radius 3 is 3.00 bits per heavy atom. The van der Waals surface area contributed by atoms with Crippen molar-refractivity contribution < 1.29 is 9.59 Å². The van der Waals surface area contributed by atoms with Crippen molar-refractivity contribution in [3.63, 3.8) is 0 Å². The van der Waals surface area contributed by atoms with E-state index in [4.69, 9.17) is 0 Å².